The third-order valence-electron chi connectivity index (χ3n) is 7.38. The van der Waals surface area contributed by atoms with Crippen molar-refractivity contribution in [2.45, 2.75) is 65.2 Å². The molecule has 1 saturated heterocycles. The molecule has 0 bridgehead atoms. The minimum absolute atomic E-state index is 0.0106. The van der Waals surface area contributed by atoms with Gasteiger partial charge in [0.05, 0.1) is 12.1 Å². The van der Waals surface area contributed by atoms with Crippen molar-refractivity contribution in [2.24, 2.45) is 5.92 Å². The Morgan fingerprint density at radius 1 is 1.10 bits per heavy atom. The maximum absolute atomic E-state index is 13.8. The van der Waals surface area contributed by atoms with Crippen molar-refractivity contribution >= 4 is 22.5 Å². The number of hydrogen-bond acceptors (Lipinski definition) is 2. The number of amides is 1. The molecule has 1 amide bonds. The Morgan fingerprint density at radius 2 is 1.85 bits per heavy atom. The summed E-state index contributed by atoms with van der Waals surface area (Å²) in [6.45, 7) is 7.95. The van der Waals surface area contributed by atoms with Crippen molar-refractivity contribution in [1.29, 1.82) is 0 Å². The summed E-state index contributed by atoms with van der Waals surface area (Å²) in [5, 5.41) is 3.99. The van der Waals surface area contributed by atoms with E-state index in [1.165, 1.54) is 17.7 Å². The summed E-state index contributed by atoms with van der Waals surface area (Å²) in [6.07, 6.45) is 4.58. The van der Waals surface area contributed by atoms with Crippen molar-refractivity contribution in [3.63, 3.8) is 0 Å². The molecule has 7 heteroatoms. The normalized spacial score (nSPS) is 16.0. The lowest BCUT2D eigenvalue weighted by molar-refractivity contribution is -0.118. The first-order valence-electron chi connectivity index (χ1n) is 13.8. The lowest BCUT2D eigenvalue weighted by Crippen LogP contribution is -2.32. The lowest BCUT2D eigenvalue weighted by atomic mass is 9.89. The molecule has 0 unspecified atom stereocenters. The highest BCUT2D eigenvalue weighted by molar-refractivity contribution is 5.92. The van der Waals surface area contributed by atoms with Gasteiger partial charge in [0.1, 0.15) is 0 Å². The Bertz CT molecular complexity index is 1330. The Balaban J connectivity index is 1.45. The van der Waals surface area contributed by atoms with Crippen LogP contribution in [0.1, 0.15) is 57.1 Å². The topological polar surface area (TPSA) is 37.3 Å². The smallest absolute Gasteiger partial charge is 0.343 e. The molecule has 4 rings (SSSR count). The minimum Gasteiger partial charge on any atom is -0.343 e. The molecule has 0 aliphatic carbocycles. The number of allylic oxidation sites excluding steroid dienone is 4. The quantitative estimate of drug-likeness (QED) is 0.280. The summed E-state index contributed by atoms with van der Waals surface area (Å²) in [6, 6.07) is 15.8. The third kappa shape index (κ3) is 7.41. The van der Waals surface area contributed by atoms with Gasteiger partial charge in [0, 0.05) is 35.2 Å². The second kappa shape index (κ2) is 12.7. The molecule has 39 heavy (non-hydrogen) atoms. The fraction of sp³-hybridized carbons (Fsp3) is 0.406. The summed E-state index contributed by atoms with van der Waals surface area (Å²) < 4.78 is 43.0. The van der Waals surface area contributed by atoms with Crippen molar-refractivity contribution in [3.05, 3.63) is 89.7 Å². The van der Waals surface area contributed by atoms with Gasteiger partial charge in [0.15, 0.2) is 0 Å². The molecule has 0 atom stereocenters. The molecule has 1 fully saturated rings. The Kier molecular flexibility index (Phi) is 9.33. The SMILES string of the molecule is CC/C=C\C=C(/Cn1cc(CN2CCC(c3cccc(NC(=O)C(C)C)c3)CC2)c2ccccc21)C(F)(F)F. The minimum atomic E-state index is -4.39. The Labute approximate surface area is 229 Å². The molecule has 0 radical (unpaired) electrons. The number of rotatable bonds is 9. The Morgan fingerprint density at radius 3 is 2.54 bits per heavy atom. The maximum atomic E-state index is 13.8. The molecule has 1 N–H and O–H groups in total. The van der Waals surface area contributed by atoms with Crippen LogP contribution in [-0.4, -0.2) is 34.6 Å². The number of para-hydroxylation sites is 1. The summed E-state index contributed by atoms with van der Waals surface area (Å²) in [4.78, 5) is 14.5. The molecular weight excluding hydrogens is 499 g/mol. The van der Waals surface area contributed by atoms with Crippen LogP contribution < -0.4 is 5.32 Å². The highest BCUT2D eigenvalue weighted by atomic mass is 19.4. The van der Waals surface area contributed by atoms with E-state index in [0.717, 1.165) is 48.1 Å². The number of aromatic nitrogens is 1. The fourth-order valence-electron chi connectivity index (χ4n) is 5.14. The zero-order valence-electron chi connectivity index (χ0n) is 23.0. The van der Waals surface area contributed by atoms with Gasteiger partial charge in [-0.2, -0.15) is 13.2 Å². The van der Waals surface area contributed by atoms with Gasteiger partial charge >= 0.3 is 6.18 Å². The van der Waals surface area contributed by atoms with Gasteiger partial charge in [-0.15, -0.1) is 0 Å². The summed E-state index contributed by atoms with van der Waals surface area (Å²) in [7, 11) is 0. The van der Waals surface area contributed by atoms with Crippen LogP contribution in [0.2, 0.25) is 0 Å². The molecule has 1 aliphatic rings. The molecular formula is C32H38F3N3O. The standard InChI is InChI=1S/C32H38F3N3O/c1-4-5-6-11-27(32(33,34)35)22-38-21-26(29-13-7-8-14-30(29)38)20-37-17-15-24(16-18-37)25-10-9-12-28(19-25)36-31(39)23(2)3/h5-14,19,21,23-24H,4,15-18,20,22H2,1-3H3,(H,36,39)/b6-5-,27-11+. The first-order chi connectivity index (χ1) is 18.7. The molecule has 3 aromatic rings. The number of carbonyl (C=O) groups excluding carboxylic acids is 1. The van der Waals surface area contributed by atoms with Crippen LogP contribution in [0.3, 0.4) is 0 Å². The van der Waals surface area contributed by atoms with E-state index in [1.54, 1.807) is 10.6 Å². The van der Waals surface area contributed by atoms with Gasteiger partial charge in [-0.1, -0.05) is 69.3 Å². The van der Waals surface area contributed by atoms with Crippen molar-refractivity contribution < 1.29 is 18.0 Å². The van der Waals surface area contributed by atoms with Crippen LogP contribution in [0.5, 0.6) is 0 Å². The van der Waals surface area contributed by atoms with Crippen molar-refractivity contribution in [3.8, 4) is 0 Å². The molecule has 1 aromatic heterocycles. The third-order valence-corrected chi connectivity index (χ3v) is 7.38. The van der Waals surface area contributed by atoms with E-state index >= 15 is 0 Å². The van der Waals surface area contributed by atoms with Crippen LogP contribution in [0.25, 0.3) is 10.9 Å². The van der Waals surface area contributed by atoms with Crippen molar-refractivity contribution in [1.82, 2.24) is 9.47 Å². The number of fused-ring (bicyclic) bond motifs is 1. The van der Waals surface area contributed by atoms with Crippen LogP contribution in [0.4, 0.5) is 18.9 Å². The van der Waals surface area contributed by atoms with E-state index in [1.807, 2.05) is 63.4 Å². The number of halogens is 3. The average Bonchev–Trinajstić information content (AvgIpc) is 3.25. The summed E-state index contributed by atoms with van der Waals surface area (Å²) in [5.74, 6) is 0.349. The second-order valence-electron chi connectivity index (χ2n) is 10.6. The molecule has 2 aromatic carbocycles. The molecule has 2 heterocycles. The number of alkyl halides is 3. The van der Waals surface area contributed by atoms with Gasteiger partial charge in [-0.05, 0) is 67.6 Å². The number of anilines is 1. The van der Waals surface area contributed by atoms with Crippen LogP contribution >= 0.6 is 0 Å². The average molecular weight is 538 g/mol. The van der Waals surface area contributed by atoms with E-state index in [4.69, 9.17) is 0 Å². The summed E-state index contributed by atoms with van der Waals surface area (Å²) in [5.41, 5.74) is 3.37. The zero-order valence-corrected chi connectivity index (χ0v) is 23.0. The number of hydrogen-bond donors (Lipinski definition) is 1. The van der Waals surface area contributed by atoms with Gasteiger partial charge in [0.25, 0.3) is 0 Å². The largest absolute Gasteiger partial charge is 0.414 e. The number of benzene rings is 2. The van der Waals surface area contributed by atoms with Gasteiger partial charge in [0.2, 0.25) is 5.91 Å². The van der Waals surface area contributed by atoms with Crippen LogP contribution in [-0.2, 0) is 17.9 Å². The summed E-state index contributed by atoms with van der Waals surface area (Å²) >= 11 is 0. The number of nitrogens with one attached hydrogen (secondary N) is 1. The van der Waals surface area contributed by atoms with Crippen LogP contribution in [0.15, 0.2) is 78.5 Å². The number of piperidine rings is 1. The zero-order chi connectivity index (χ0) is 28.0. The molecule has 208 valence electrons. The second-order valence-corrected chi connectivity index (χ2v) is 10.6. The van der Waals surface area contributed by atoms with Gasteiger partial charge in [-0.25, -0.2) is 0 Å². The number of carbonyl (C=O) groups is 1. The van der Waals surface area contributed by atoms with E-state index in [9.17, 15) is 18.0 Å². The van der Waals surface area contributed by atoms with Crippen LogP contribution in [0, 0.1) is 5.92 Å². The van der Waals surface area contributed by atoms with Crippen molar-refractivity contribution in [2.75, 3.05) is 18.4 Å². The van der Waals surface area contributed by atoms with Gasteiger partial charge < -0.3 is 9.88 Å². The predicted molar refractivity (Wildman–Crippen MR) is 153 cm³/mol. The monoisotopic (exact) mass is 537 g/mol. The first-order valence-corrected chi connectivity index (χ1v) is 13.8. The predicted octanol–water partition coefficient (Wildman–Crippen LogP) is 8.07. The van der Waals surface area contributed by atoms with E-state index in [-0.39, 0.29) is 18.4 Å². The van der Waals surface area contributed by atoms with E-state index < -0.39 is 11.7 Å². The number of nitrogens with zero attached hydrogens (tertiary/aromatic N) is 2. The molecule has 4 nitrogen and oxygen atoms in total. The highest BCUT2D eigenvalue weighted by Crippen LogP contribution is 2.33. The lowest BCUT2D eigenvalue weighted by Gasteiger charge is -2.32. The number of likely N-dealkylation sites (tertiary alicyclic amines) is 1. The molecule has 0 saturated carbocycles. The van der Waals surface area contributed by atoms with E-state index in [2.05, 4.69) is 22.3 Å². The van der Waals surface area contributed by atoms with Gasteiger partial charge in [-0.3, -0.25) is 9.69 Å². The first kappa shape index (κ1) is 28.7. The molecule has 0 spiro atoms. The fourth-order valence-corrected chi connectivity index (χ4v) is 5.14. The highest BCUT2D eigenvalue weighted by Gasteiger charge is 2.33. The Hall–Kier alpha value is -3.32. The molecule has 1 aliphatic heterocycles. The maximum Gasteiger partial charge on any atom is 0.414 e. The van der Waals surface area contributed by atoms with E-state index in [0.29, 0.717) is 18.9 Å².